The molecule has 0 N–H and O–H groups in total. The molecule has 0 atom stereocenters. The average Bonchev–Trinajstić information content (AvgIpc) is 3.32. The molecule has 144 valence electrons. The molecule has 3 aromatic heterocycles. The summed E-state index contributed by atoms with van der Waals surface area (Å²) in [7, 11) is 0. The molecule has 4 nitrogen and oxygen atoms in total. The largest absolute Gasteiger partial charge is 0.254 e. The topological polar surface area (TPSA) is 51.6 Å². The second-order valence-corrected chi connectivity index (χ2v) is 9.07. The van der Waals surface area contributed by atoms with E-state index in [4.69, 9.17) is 15.0 Å². The molecular weight excluding hydrogens is 388 g/mol. The zero-order chi connectivity index (χ0) is 20.3. The number of aromatic nitrogens is 4. The number of fused-ring (bicyclic) bond motifs is 4. The van der Waals surface area contributed by atoms with Gasteiger partial charge in [0.1, 0.15) is 5.01 Å². The van der Waals surface area contributed by atoms with Crippen molar-refractivity contribution < 1.29 is 0 Å². The van der Waals surface area contributed by atoms with Crippen LogP contribution in [0.1, 0.15) is 25.0 Å². The SMILES string of the molecule is CC1(C)c2ccccc2-c2nc(-c3ccnc(-c4nc5ccccc5s4)c3)ncc21. The standard InChI is InChI=1S/C25H18N4S/c1-25(2)17-8-4-3-7-16(17)22-18(25)14-27-23(29-22)15-11-12-26-20(13-15)24-28-19-9-5-6-10-21(19)30-24/h3-14H,1-2H3. The zero-order valence-corrected chi connectivity index (χ0v) is 17.4. The summed E-state index contributed by atoms with van der Waals surface area (Å²) in [6.07, 6.45) is 3.79. The Bertz CT molecular complexity index is 1400. The highest BCUT2D eigenvalue weighted by Gasteiger charge is 2.36. The van der Waals surface area contributed by atoms with Crippen molar-refractivity contribution in [2.45, 2.75) is 19.3 Å². The van der Waals surface area contributed by atoms with E-state index in [0.29, 0.717) is 5.82 Å². The maximum absolute atomic E-state index is 4.98. The fourth-order valence-corrected chi connectivity index (χ4v) is 5.17. The van der Waals surface area contributed by atoms with Gasteiger partial charge in [-0.3, -0.25) is 4.98 Å². The Labute approximate surface area is 178 Å². The predicted molar refractivity (Wildman–Crippen MR) is 121 cm³/mol. The molecule has 6 rings (SSSR count). The van der Waals surface area contributed by atoms with E-state index in [1.54, 1.807) is 11.3 Å². The molecule has 0 bridgehead atoms. The van der Waals surface area contributed by atoms with Crippen LogP contribution in [-0.4, -0.2) is 19.9 Å². The Morgan fingerprint density at radius 1 is 0.833 bits per heavy atom. The average molecular weight is 407 g/mol. The molecule has 1 aliphatic rings. The second-order valence-electron chi connectivity index (χ2n) is 8.04. The van der Waals surface area contributed by atoms with Crippen molar-refractivity contribution in [2.75, 3.05) is 0 Å². The molecule has 0 fully saturated rings. The normalized spacial score (nSPS) is 13.9. The summed E-state index contributed by atoms with van der Waals surface area (Å²) in [6, 6.07) is 20.7. The van der Waals surface area contributed by atoms with Gasteiger partial charge in [-0.15, -0.1) is 11.3 Å². The van der Waals surface area contributed by atoms with E-state index in [0.717, 1.165) is 32.2 Å². The van der Waals surface area contributed by atoms with E-state index in [9.17, 15) is 0 Å². The van der Waals surface area contributed by atoms with Gasteiger partial charge in [-0.2, -0.15) is 0 Å². The molecule has 2 aromatic carbocycles. The summed E-state index contributed by atoms with van der Waals surface area (Å²) in [5.74, 6) is 0.714. The Hall–Kier alpha value is -3.44. The minimum absolute atomic E-state index is 0.0884. The Morgan fingerprint density at radius 2 is 1.67 bits per heavy atom. The van der Waals surface area contributed by atoms with E-state index in [-0.39, 0.29) is 5.41 Å². The van der Waals surface area contributed by atoms with Gasteiger partial charge >= 0.3 is 0 Å². The maximum atomic E-state index is 4.98. The maximum Gasteiger partial charge on any atom is 0.159 e. The van der Waals surface area contributed by atoms with Crippen LogP contribution >= 0.6 is 11.3 Å². The first-order valence-electron chi connectivity index (χ1n) is 9.91. The van der Waals surface area contributed by atoms with Gasteiger partial charge in [0, 0.05) is 34.5 Å². The number of pyridine rings is 1. The smallest absolute Gasteiger partial charge is 0.159 e. The van der Waals surface area contributed by atoms with E-state index in [2.05, 4.69) is 49.2 Å². The molecule has 0 spiro atoms. The third kappa shape index (κ3) is 2.52. The van der Waals surface area contributed by atoms with Crippen LogP contribution in [-0.2, 0) is 5.41 Å². The minimum Gasteiger partial charge on any atom is -0.254 e. The van der Waals surface area contributed by atoms with Crippen LogP contribution in [0.4, 0.5) is 0 Å². The summed E-state index contributed by atoms with van der Waals surface area (Å²) >= 11 is 1.65. The van der Waals surface area contributed by atoms with E-state index >= 15 is 0 Å². The molecule has 0 saturated carbocycles. The summed E-state index contributed by atoms with van der Waals surface area (Å²) in [5, 5.41) is 0.908. The molecule has 0 radical (unpaired) electrons. The van der Waals surface area contributed by atoms with Gasteiger partial charge in [0.25, 0.3) is 0 Å². The highest BCUT2D eigenvalue weighted by molar-refractivity contribution is 7.21. The fraction of sp³-hybridized carbons (Fsp3) is 0.120. The minimum atomic E-state index is -0.0884. The van der Waals surface area contributed by atoms with Crippen molar-refractivity contribution >= 4 is 21.6 Å². The lowest BCUT2D eigenvalue weighted by atomic mass is 9.83. The van der Waals surface area contributed by atoms with Gasteiger partial charge in [-0.05, 0) is 29.8 Å². The van der Waals surface area contributed by atoms with Gasteiger partial charge in [-0.1, -0.05) is 50.2 Å². The molecule has 0 saturated heterocycles. The molecule has 3 heterocycles. The number of thiazole rings is 1. The number of rotatable bonds is 2. The summed E-state index contributed by atoms with van der Waals surface area (Å²) < 4.78 is 1.16. The molecular formula is C25H18N4S. The monoisotopic (exact) mass is 406 g/mol. The zero-order valence-electron chi connectivity index (χ0n) is 16.6. The van der Waals surface area contributed by atoms with Crippen molar-refractivity contribution in [1.29, 1.82) is 0 Å². The van der Waals surface area contributed by atoms with Gasteiger partial charge in [0.2, 0.25) is 0 Å². The van der Waals surface area contributed by atoms with Crippen molar-refractivity contribution in [2.24, 2.45) is 0 Å². The lowest BCUT2D eigenvalue weighted by molar-refractivity contribution is 0.655. The summed E-state index contributed by atoms with van der Waals surface area (Å²) in [4.78, 5) is 19.0. The molecule has 0 aliphatic heterocycles. The van der Waals surface area contributed by atoms with Crippen molar-refractivity contribution in [3.8, 4) is 33.3 Å². The number of benzene rings is 2. The number of para-hydroxylation sites is 1. The lowest BCUT2D eigenvalue weighted by Gasteiger charge is -2.20. The van der Waals surface area contributed by atoms with Gasteiger partial charge in [-0.25, -0.2) is 15.0 Å². The Kier molecular flexibility index (Phi) is 3.65. The van der Waals surface area contributed by atoms with Gasteiger partial charge in [0.05, 0.1) is 21.6 Å². The van der Waals surface area contributed by atoms with Crippen LogP contribution in [0.5, 0.6) is 0 Å². The Balaban J connectivity index is 1.47. The third-order valence-corrected chi connectivity index (χ3v) is 6.91. The van der Waals surface area contributed by atoms with Crippen LogP contribution in [0.25, 0.3) is 43.6 Å². The van der Waals surface area contributed by atoms with Crippen molar-refractivity contribution in [3.63, 3.8) is 0 Å². The van der Waals surface area contributed by atoms with Crippen LogP contribution in [0.2, 0.25) is 0 Å². The lowest BCUT2D eigenvalue weighted by Crippen LogP contribution is -2.15. The Morgan fingerprint density at radius 3 is 2.57 bits per heavy atom. The molecule has 1 aliphatic carbocycles. The van der Waals surface area contributed by atoms with Gasteiger partial charge in [0.15, 0.2) is 5.82 Å². The highest BCUT2D eigenvalue weighted by Crippen LogP contribution is 2.47. The van der Waals surface area contributed by atoms with Crippen LogP contribution in [0.3, 0.4) is 0 Å². The van der Waals surface area contributed by atoms with E-state index in [1.807, 2.05) is 42.7 Å². The summed E-state index contributed by atoms with van der Waals surface area (Å²) in [5.41, 5.74) is 7.40. The molecule has 0 unspecified atom stereocenters. The first-order chi connectivity index (χ1) is 14.6. The number of hydrogen-bond donors (Lipinski definition) is 0. The molecule has 5 aromatic rings. The summed E-state index contributed by atoms with van der Waals surface area (Å²) in [6.45, 7) is 4.47. The van der Waals surface area contributed by atoms with Crippen LogP contribution < -0.4 is 0 Å². The van der Waals surface area contributed by atoms with Crippen LogP contribution in [0.15, 0.2) is 73.1 Å². The van der Waals surface area contributed by atoms with E-state index in [1.165, 1.54) is 16.7 Å². The van der Waals surface area contributed by atoms with Crippen molar-refractivity contribution in [1.82, 2.24) is 19.9 Å². The number of hydrogen-bond acceptors (Lipinski definition) is 5. The van der Waals surface area contributed by atoms with E-state index < -0.39 is 0 Å². The third-order valence-electron chi connectivity index (χ3n) is 5.85. The fourth-order valence-electron chi connectivity index (χ4n) is 4.23. The highest BCUT2D eigenvalue weighted by atomic mass is 32.1. The molecule has 0 amide bonds. The predicted octanol–water partition coefficient (Wildman–Crippen LogP) is 6.12. The first kappa shape index (κ1) is 17.4. The molecule has 30 heavy (non-hydrogen) atoms. The van der Waals surface area contributed by atoms with Gasteiger partial charge < -0.3 is 0 Å². The second kappa shape index (κ2) is 6.28. The van der Waals surface area contributed by atoms with Crippen LogP contribution in [0, 0.1) is 0 Å². The molecule has 5 heteroatoms. The quantitative estimate of drug-likeness (QED) is 0.354. The number of nitrogens with zero attached hydrogens (tertiary/aromatic N) is 4. The first-order valence-corrected chi connectivity index (χ1v) is 10.7. The van der Waals surface area contributed by atoms with Crippen molar-refractivity contribution in [3.05, 3.63) is 84.2 Å².